The van der Waals surface area contributed by atoms with E-state index in [-0.39, 0.29) is 28.7 Å². The molecular formula is C18H21ClN2O5S. The molecule has 0 spiro atoms. The number of amides is 1. The summed E-state index contributed by atoms with van der Waals surface area (Å²) >= 11 is 6.12. The van der Waals surface area contributed by atoms with Gasteiger partial charge >= 0.3 is 0 Å². The maximum absolute atomic E-state index is 12.6. The molecule has 7 nitrogen and oxygen atoms in total. The van der Waals surface area contributed by atoms with Gasteiger partial charge < -0.3 is 14.8 Å². The van der Waals surface area contributed by atoms with E-state index < -0.39 is 10.0 Å². The number of sulfonamides is 1. The van der Waals surface area contributed by atoms with Gasteiger partial charge in [-0.25, -0.2) is 13.6 Å². The molecule has 0 heterocycles. The van der Waals surface area contributed by atoms with Gasteiger partial charge in [0, 0.05) is 12.1 Å². The molecule has 3 N–H and O–H groups in total. The molecule has 2 aliphatic carbocycles. The highest BCUT2D eigenvalue weighted by molar-refractivity contribution is 7.93. The molecular weight excluding hydrogens is 392 g/mol. The third-order valence-electron chi connectivity index (χ3n) is 4.85. The van der Waals surface area contributed by atoms with Crippen molar-refractivity contribution in [2.45, 2.75) is 18.9 Å². The van der Waals surface area contributed by atoms with Gasteiger partial charge in [-0.2, -0.15) is 0 Å². The zero-order valence-corrected chi connectivity index (χ0v) is 16.5. The molecule has 0 radical (unpaired) electrons. The van der Waals surface area contributed by atoms with Gasteiger partial charge in [0.1, 0.15) is 11.5 Å². The first-order chi connectivity index (χ1) is 12.7. The van der Waals surface area contributed by atoms with Crippen LogP contribution in [0, 0.1) is 11.8 Å². The number of halogens is 1. The fourth-order valence-electron chi connectivity index (χ4n) is 3.28. The maximum Gasteiger partial charge on any atom is 0.255 e. The van der Waals surface area contributed by atoms with E-state index in [9.17, 15) is 13.2 Å². The number of carbonyl (C=O) groups excluding carboxylic acids is 1. The zero-order valence-electron chi connectivity index (χ0n) is 14.9. The first-order valence-corrected chi connectivity index (χ1v) is 10.3. The molecule has 0 bridgehead atoms. The first kappa shape index (κ1) is 19.7. The Labute approximate surface area is 163 Å². The first-order valence-electron chi connectivity index (χ1n) is 8.38. The summed E-state index contributed by atoms with van der Waals surface area (Å²) in [5.74, 6) is 0.957. The molecule has 1 aromatic carbocycles. The third-order valence-corrected chi connectivity index (χ3v) is 6.11. The van der Waals surface area contributed by atoms with E-state index in [2.05, 4.69) is 5.32 Å². The Bertz CT molecular complexity index is 926. The van der Waals surface area contributed by atoms with Crippen LogP contribution in [-0.4, -0.2) is 34.6 Å². The van der Waals surface area contributed by atoms with E-state index in [0.29, 0.717) is 28.5 Å². The van der Waals surface area contributed by atoms with Crippen molar-refractivity contribution < 1.29 is 22.7 Å². The minimum Gasteiger partial charge on any atom is -0.496 e. The zero-order chi connectivity index (χ0) is 19.8. The number of nitrogens with one attached hydrogen (secondary N) is 1. The molecule has 0 aromatic heterocycles. The molecule has 1 amide bonds. The Morgan fingerprint density at radius 2 is 1.96 bits per heavy atom. The van der Waals surface area contributed by atoms with Crippen LogP contribution in [0.3, 0.4) is 0 Å². The van der Waals surface area contributed by atoms with Gasteiger partial charge in [-0.3, -0.25) is 4.79 Å². The van der Waals surface area contributed by atoms with Crippen molar-refractivity contribution in [2.24, 2.45) is 17.0 Å². The molecule has 1 unspecified atom stereocenters. The van der Waals surface area contributed by atoms with Gasteiger partial charge in [-0.1, -0.05) is 23.8 Å². The van der Waals surface area contributed by atoms with Crippen LogP contribution in [0.1, 0.15) is 23.2 Å². The third kappa shape index (κ3) is 4.28. The SMILES string of the molecule is COc1cc(OC)c(C(=O)N[C@@H]2C[C@H]2C2C=CC(S(N)(=O)=O)=CC2)cc1Cl. The van der Waals surface area contributed by atoms with E-state index >= 15 is 0 Å². The van der Waals surface area contributed by atoms with Gasteiger partial charge in [0.15, 0.2) is 0 Å². The van der Waals surface area contributed by atoms with Crippen LogP contribution >= 0.6 is 11.6 Å². The standard InChI is InChI=1S/C18H21ClN2O5S/c1-25-16-9-17(26-2)14(19)7-13(16)18(22)21-15-8-12(15)10-3-5-11(6-4-10)27(20,23)24/h3,5-7,9-10,12,15H,4,8H2,1-2H3,(H,21,22)(H2,20,23,24)/t10?,12-,15+/m0/s1. The van der Waals surface area contributed by atoms with Crippen molar-refractivity contribution in [3.63, 3.8) is 0 Å². The fourth-order valence-corrected chi connectivity index (χ4v) is 4.12. The monoisotopic (exact) mass is 412 g/mol. The number of ether oxygens (including phenoxy) is 2. The summed E-state index contributed by atoms with van der Waals surface area (Å²) in [6.07, 6.45) is 6.42. The van der Waals surface area contributed by atoms with E-state index in [1.807, 2.05) is 6.08 Å². The van der Waals surface area contributed by atoms with Crippen LogP contribution in [0.25, 0.3) is 0 Å². The molecule has 3 rings (SSSR count). The number of benzene rings is 1. The Kier molecular flexibility index (Phi) is 5.50. The number of rotatable bonds is 6. The highest BCUT2D eigenvalue weighted by Crippen LogP contribution is 2.42. The van der Waals surface area contributed by atoms with Gasteiger partial charge in [-0.05, 0) is 36.8 Å². The molecule has 3 atom stereocenters. The summed E-state index contributed by atoms with van der Waals surface area (Å²) in [5.41, 5.74) is 0.338. The summed E-state index contributed by atoms with van der Waals surface area (Å²) in [6, 6.07) is 3.11. The number of carbonyl (C=O) groups is 1. The molecule has 1 aromatic rings. The molecule has 0 aliphatic heterocycles. The number of hydrogen-bond acceptors (Lipinski definition) is 5. The summed E-state index contributed by atoms with van der Waals surface area (Å²) in [5, 5.41) is 8.44. The minimum atomic E-state index is -3.67. The van der Waals surface area contributed by atoms with E-state index in [4.69, 9.17) is 26.2 Å². The van der Waals surface area contributed by atoms with Crippen LogP contribution < -0.4 is 19.9 Å². The number of methoxy groups -OCH3 is 2. The summed E-state index contributed by atoms with van der Waals surface area (Å²) in [4.78, 5) is 12.8. The highest BCUT2D eigenvalue weighted by atomic mass is 35.5. The lowest BCUT2D eigenvalue weighted by Gasteiger charge is -2.16. The topological polar surface area (TPSA) is 108 Å². The van der Waals surface area contributed by atoms with Crippen LogP contribution in [0.15, 0.2) is 35.3 Å². The lowest BCUT2D eigenvalue weighted by molar-refractivity contribution is 0.0945. The predicted octanol–water partition coefficient (Wildman–Crippen LogP) is 2.22. The van der Waals surface area contributed by atoms with Crippen molar-refractivity contribution in [3.05, 3.63) is 45.9 Å². The molecule has 1 fully saturated rings. The van der Waals surface area contributed by atoms with Crippen LogP contribution in [0.5, 0.6) is 11.5 Å². The Morgan fingerprint density at radius 3 is 2.52 bits per heavy atom. The Hall–Kier alpha value is -2.03. The molecule has 2 aliphatic rings. The van der Waals surface area contributed by atoms with Crippen molar-refractivity contribution in [1.82, 2.24) is 5.32 Å². The van der Waals surface area contributed by atoms with Crippen molar-refractivity contribution in [3.8, 4) is 11.5 Å². The molecule has 0 saturated heterocycles. The Morgan fingerprint density at radius 1 is 1.26 bits per heavy atom. The van der Waals surface area contributed by atoms with Gasteiger partial charge in [0.05, 0.1) is 29.7 Å². The quantitative estimate of drug-likeness (QED) is 0.744. The lowest BCUT2D eigenvalue weighted by Crippen LogP contribution is -2.28. The number of primary sulfonamides is 1. The molecule has 146 valence electrons. The van der Waals surface area contributed by atoms with Crippen LogP contribution in [0.4, 0.5) is 0 Å². The minimum absolute atomic E-state index is 0.0159. The normalized spacial score (nSPS) is 24.1. The average molecular weight is 413 g/mol. The molecule has 9 heteroatoms. The van der Waals surface area contributed by atoms with E-state index in [1.54, 1.807) is 12.1 Å². The molecule has 27 heavy (non-hydrogen) atoms. The lowest BCUT2D eigenvalue weighted by atomic mass is 9.95. The second-order valence-electron chi connectivity index (χ2n) is 6.58. The average Bonchev–Trinajstić information content (AvgIpc) is 3.39. The summed E-state index contributed by atoms with van der Waals surface area (Å²) < 4.78 is 33.1. The van der Waals surface area contributed by atoms with Crippen LogP contribution in [0.2, 0.25) is 5.02 Å². The Balaban J connectivity index is 1.64. The number of nitrogens with two attached hydrogens (primary N) is 1. The fraction of sp³-hybridized carbons (Fsp3) is 0.389. The van der Waals surface area contributed by atoms with Crippen molar-refractivity contribution in [2.75, 3.05) is 14.2 Å². The van der Waals surface area contributed by atoms with Gasteiger partial charge in [-0.15, -0.1) is 0 Å². The summed E-state index contributed by atoms with van der Waals surface area (Å²) in [7, 11) is -0.710. The predicted molar refractivity (Wildman–Crippen MR) is 102 cm³/mol. The second kappa shape index (κ2) is 7.53. The van der Waals surface area contributed by atoms with Crippen molar-refractivity contribution in [1.29, 1.82) is 0 Å². The van der Waals surface area contributed by atoms with Gasteiger partial charge in [0.2, 0.25) is 10.0 Å². The summed E-state index contributed by atoms with van der Waals surface area (Å²) in [6.45, 7) is 0. The van der Waals surface area contributed by atoms with Gasteiger partial charge in [0.25, 0.3) is 5.91 Å². The second-order valence-corrected chi connectivity index (χ2v) is 8.55. The largest absolute Gasteiger partial charge is 0.496 e. The highest BCUT2D eigenvalue weighted by Gasteiger charge is 2.43. The smallest absolute Gasteiger partial charge is 0.255 e. The number of allylic oxidation sites excluding steroid dienone is 3. The van der Waals surface area contributed by atoms with E-state index in [0.717, 1.165) is 6.42 Å². The molecule has 1 saturated carbocycles. The maximum atomic E-state index is 12.6. The number of hydrogen-bond donors (Lipinski definition) is 2. The van der Waals surface area contributed by atoms with E-state index in [1.165, 1.54) is 26.4 Å². The van der Waals surface area contributed by atoms with Crippen LogP contribution in [-0.2, 0) is 10.0 Å². The van der Waals surface area contributed by atoms with Crippen molar-refractivity contribution >= 4 is 27.5 Å².